The Morgan fingerprint density at radius 3 is 2.31 bits per heavy atom. The number of hydrogen-bond donors (Lipinski definition) is 6. The summed E-state index contributed by atoms with van der Waals surface area (Å²) >= 11 is 0. The van der Waals surface area contributed by atoms with Crippen LogP contribution in [0.2, 0.25) is 0 Å². The lowest BCUT2D eigenvalue weighted by atomic mass is 9.81. The Morgan fingerprint density at radius 1 is 0.939 bits per heavy atom. The van der Waals surface area contributed by atoms with Crippen LogP contribution in [-0.2, 0) is 20.8 Å². The number of nitrogens with two attached hydrogens (primary N) is 1. The standard InChI is InChI=1S/C35H40N10O4/c1-20-27(14-15-28(38-20)34(48)40-29-16-17-37-33(29)47)23-6-2-21(3-7-23)18-30(41-32(46)25-8-4-22(19-36)5-9-25)35(49)39-26-12-10-24(11-13-26)31-42-44-45-43-31/h2-3,6-7,10-15,22,25,29-30H,4-5,8-9,16-19,36H2,1H3,(H,37,47)(H,39,49)(H,40,48)(H,41,46)(H,42,43,44,45)/t22?,25?,29-,30+/m1/s1. The normalized spacial score (nSPS) is 19.5. The van der Waals surface area contributed by atoms with Gasteiger partial charge >= 0.3 is 0 Å². The number of anilines is 1. The van der Waals surface area contributed by atoms with E-state index < -0.39 is 18.0 Å². The number of carbonyl (C=O) groups is 4. The Labute approximate surface area is 283 Å². The number of tetrazole rings is 1. The second-order valence-electron chi connectivity index (χ2n) is 12.7. The molecule has 4 amide bonds. The Kier molecular flexibility index (Phi) is 10.3. The Balaban J connectivity index is 1.14. The summed E-state index contributed by atoms with van der Waals surface area (Å²) in [6.45, 7) is 2.99. The van der Waals surface area contributed by atoms with Crippen molar-refractivity contribution in [3.63, 3.8) is 0 Å². The molecule has 2 aromatic carbocycles. The molecule has 0 unspecified atom stereocenters. The SMILES string of the molecule is Cc1nc(C(=O)N[C@@H]2CCNC2=O)ccc1-c1ccc(C[C@H](NC(=O)C2CCC(CN)CC2)C(=O)Nc2ccc(-c3nn[nH]n3)cc2)cc1. The van der Waals surface area contributed by atoms with Crippen molar-refractivity contribution >= 4 is 29.3 Å². The third kappa shape index (κ3) is 8.15. The highest BCUT2D eigenvalue weighted by molar-refractivity contribution is 5.98. The molecule has 6 rings (SSSR count). The molecule has 49 heavy (non-hydrogen) atoms. The van der Waals surface area contributed by atoms with E-state index in [1.54, 1.807) is 30.3 Å². The molecule has 0 radical (unpaired) electrons. The number of aromatic amines is 1. The van der Waals surface area contributed by atoms with Gasteiger partial charge in [-0.15, -0.1) is 10.2 Å². The number of rotatable bonds is 11. The van der Waals surface area contributed by atoms with Crippen molar-refractivity contribution in [3.8, 4) is 22.5 Å². The third-order valence-electron chi connectivity index (χ3n) is 9.32. The number of amides is 4. The summed E-state index contributed by atoms with van der Waals surface area (Å²) in [4.78, 5) is 56.1. The second kappa shape index (κ2) is 15.2. The van der Waals surface area contributed by atoms with Gasteiger partial charge < -0.3 is 27.0 Å². The van der Waals surface area contributed by atoms with Crippen LogP contribution < -0.4 is 27.0 Å². The molecule has 14 nitrogen and oxygen atoms in total. The molecule has 2 fully saturated rings. The average Bonchev–Trinajstić information content (AvgIpc) is 3.81. The lowest BCUT2D eigenvalue weighted by Gasteiger charge is -2.28. The minimum Gasteiger partial charge on any atom is -0.354 e. The van der Waals surface area contributed by atoms with Gasteiger partial charge in [-0.05, 0) is 98.2 Å². The van der Waals surface area contributed by atoms with Crippen LogP contribution in [0.15, 0.2) is 60.7 Å². The van der Waals surface area contributed by atoms with E-state index in [9.17, 15) is 19.2 Å². The number of pyridine rings is 1. The summed E-state index contributed by atoms with van der Waals surface area (Å²) in [6, 6.07) is 16.9. The molecule has 2 atom stereocenters. The minimum atomic E-state index is -0.814. The summed E-state index contributed by atoms with van der Waals surface area (Å²) in [5.41, 5.74) is 10.7. The minimum absolute atomic E-state index is 0.126. The fourth-order valence-electron chi connectivity index (χ4n) is 6.39. The van der Waals surface area contributed by atoms with E-state index in [0.29, 0.717) is 42.6 Å². The second-order valence-corrected chi connectivity index (χ2v) is 12.7. The number of carbonyl (C=O) groups excluding carboxylic acids is 4. The molecule has 0 spiro atoms. The van der Waals surface area contributed by atoms with Gasteiger partial charge in [0.1, 0.15) is 17.8 Å². The quantitative estimate of drug-likeness (QED) is 0.139. The van der Waals surface area contributed by atoms with E-state index in [1.165, 1.54) is 0 Å². The molecule has 0 bridgehead atoms. The Hall–Kier alpha value is -5.50. The highest BCUT2D eigenvalue weighted by atomic mass is 16.2. The Bertz CT molecular complexity index is 1790. The lowest BCUT2D eigenvalue weighted by Crippen LogP contribution is -2.48. The molecule has 1 aliphatic heterocycles. The molecule has 2 aromatic heterocycles. The van der Waals surface area contributed by atoms with Gasteiger partial charge in [-0.25, -0.2) is 4.98 Å². The van der Waals surface area contributed by atoms with Crippen molar-refractivity contribution in [2.45, 2.75) is 57.5 Å². The summed E-state index contributed by atoms with van der Waals surface area (Å²) < 4.78 is 0. The summed E-state index contributed by atoms with van der Waals surface area (Å²) in [7, 11) is 0. The van der Waals surface area contributed by atoms with Crippen LogP contribution >= 0.6 is 0 Å². The van der Waals surface area contributed by atoms with Gasteiger partial charge in [0.25, 0.3) is 5.91 Å². The third-order valence-corrected chi connectivity index (χ3v) is 9.32. The van der Waals surface area contributed by atoms with Gasteiger partial charge in [-0.3, -0.25) is 19.2 Å². The summed E-state index contributed by atoms with van der Waals surface area (Å²) in [5.74, 6) is -0.323. The first kappa shape index (κ1) is 33.4. The fourth-order valence-corrected chi connectivity index (χ4v) is 6.39. The van der Waals surface area contributed by atoms with Gasteiger partial charge in [0, 0.05) is 41.4 Å². The van der Waals surface area contributed by atoms with Crippen LogP contribution in [0, 0.1) is 18.8 Å². The van der Waals surface area contributed by atoms with Crippen molar-refractivity contribution in [3.05, 3.63) is 77.6 Å². The molecular formula is C35H40N10O4. The largest absolute Gasteiger partial charge is 0.354 e. The van der Waals surface area contributed by atoms with Crippen LogP contribution in [0.3, 0.4) is 0 Å². The van der Waals surface area contributed by atoms with Gasteiger partial charge in [-0.2, -0.15) is 5.21 Å². The predicted octanol–water partition coefficient (Wildman–Crippen LogP) is 2.29. The van der Waals surface area contributed by atoms with Crippen LogP contribution in [0.1, 0.15) is 53.8 Å². The number of nitrogens with one attached hydrogen (secondary N) is 5. The van der Waals surface area contributed by atoms with E-state index in [2.05, 4.69) is 46.9 Å². The number of H-pyrrole nitrogens is 1. The zero-order valence-electron chi connectivity index (χ0n) is 27.2. The summed E-state index contributed by atoms with van der Waals surface area (Å²) in [6.07, 6.45) is 4.12. The van der Waals surface area contributed by atoms with E-state index in [4.69, 9.17) is 5.73 Å². The van der Waals surface area contributed by atoms with Crippen LogP contribution in [0.25, 0.3) is 22.5 Å². The van der Waals surface area contributed by atoms with Crippen LogP contribution in [0.4, 0.5) is 5.69 Å². The summed E-state index contributed by atoms with van der Waals surface area (Å²) in [5, 5.41) is 25.4. The van der Waals surface area contributed by atoms with Gasteiger partial charge in [0.15, 0.2) is 0 Å². The molecule has 1 saturated carbocycles. The number of hydrogen-bond acceptors (Lipinski definition) is 9. The number of benzene rings is 2. The van der Waals surface area contributed by atoms with E-state index in [1.807, 2.05) is 37.3 Å². The van der Waals surface area contributed by atoms with E-state index in [0.717, 1.165) is 47.9 Å². The first-order valence-corrected chi connectivity index (χ1v) is 16.6. The average molecular weight is 665 g/mol. The highest BCUT2D eigenvalue weighted by Gasteiger charge is 2.30. The first-order valence-electron chi connectivity index (χ1n) is 16.6. The fraction of sp³-hybridized carbons (Fsp3) is 0.371. The van der Waals surface area contributed by atoms with Crippen LogP contribution in [-0.4, -0.2) is 74.4 Å². The zero-order valence-corrected chi connectivity index (χ0v) is 27.2. The maximum Gasteiger partial charge on any atom is 0.270 e. The van der Waals surface area contributed by atoms with E-state index >= 15 is 0 Å². The molecule has 4 aromatic rings. The molecule has 1 aliphatic carbocycles. The zero-order chi connectivity index (χ0) is 34.3. The lowest BCUT2D eigenvalue weighted by molar-refractivity contribution is -0.130. The molecule has 254 valence electrons. The Morgan fingerprint density at radius 2 is 1.67 bits per heavy atom. The molecule has 3 heterocycles. The van der Waals surface area contributed by atoms with Crippen molar-refractivity contribution < 1.29 is 19.2 Å². The molecule has 2 aliphatic rings. The maximum atomic E-state index is 13.6. The van der Waals surface area contributed by atoms with Gasteiger partial charge in [0.2, 0.25) is 23.5 Å². The molecular weight excluding hydrogens is 624 g/mol. The first-order chi connectivity index (χ1) is 23.8. The monoisotopic (exact) mass is 664 g/mol. The van der Waals surface area contributed by atoms with Crippen molar-refractivity contribution in [2.75, 3.05) is 18.4 Å². The highest BCUT2D eigenvalue weighted by Crippen LogP contribution is 2.29. The predicted molar refractivity (Wildman–Crippen MR) is 182 cm³/mol. The molecule has 14 heteroatoms. The van der Waals surface area contributed by atoms with Crippen molar-refractivity contribution in [2.24, 2.45) is 17.6 Å². The smallest absolute Gasteiger partial charge is 0.270 e. The number of aryl methyl sites for hydroxylation is 1. The van der Waals surface area contributed by atoms with Gasteiger partial charge in [0.05, 0.1) is 0 Å². The topological polar surface area (TPSA) is 210 Å². The molecule has 1 saturated heterocycles. The van der Waals surface area contributed by atoms with Crippen molar-refractivity contribution in [1.82, 2.24) is 41.6 Å². The van der Waals surface area contributed by atoms with Crippen molar-refractivity contribution in [1.29, 1.82) is 0 Å². The van der Waals surface area contributed by atoms with Crippen LogP contribution in [0.5, 0.6) is 0 Å². The number of nitrogens with zero attached hydrogens (tertiary/aromatic N) is 4. The maximum absolute atomic E-state index is 13.6. The number of aromatic nitrogens is 5. The molecule has 7 N–H and O–H groups in total. The van der Waals surface area contributed by atoms with E-state index in [-0.39, 0.29) is 35.8 Å². The van der Waals surface area contributed by atoms with Gasteiger partial charge in [-0.1, -0.05) is 30.3 Å².